The van der Waals surface area contributed by atoms with Crippen molar-refractivity contribution in [3.8, 4) is 0 Å². The average molecular weight is 447 g/mol. The minimum Gasteiger partial charge on any atom is -0.370 e. The fourth-order valence-electron chi connectivity index (χ4n) is 4.93. The van der Waals surface area contributed by atoms with Gasteiger partial charge in [-0.3, -0.25) is 9.59 Å². The van der Waals surface area contributed by atoms with Crippen LogP contribution in [0.25, 0.3) is 10.8 Å². The van der Waals surface area contributed by atoms with E-state index < -0.39 is 0 Å². The molecule has 0 saturated carbocycles. The Morgan fingerprint density at radius 3 is 2.52 bits per heavy atom. The number of benzene rings is 3. The molecule has 2 fully saturated rings. The van der Waals surface area contributed by atoms with Crippen LogP contribution in [-0.4, -0.2) is 54.4 Å². The maximum atomic E-state index is 13.4. The van der Waals surface area contributed by atoms with Gasteiger partial charge in [0, 0.05) is 25.2 Å². The number of hydrogen-bond donors (Lipinski definition) is 0. The summed E-state index contributed by atoms with van der Waals surface area (Å²) in [5.74, 6) is -0.457. The Bertz CT molecular complexity index is 1160. The Morgan fingerprint density at radius 1 is 0.879 bits per heavy atom. The highest BCUT2D eigenvalue weighted by molar-refractivity contribution is 6.07. The van der Waals surface area contributed by atoms with Crippen LogP contribution in [-0.2, 0) is 9.53 Å². The lowest BCUT2D eigenvalue weighted by molar-refractivity contribution is -0.144. The molecule has 0 aliphatic carbocycles. The van der Waals surface area contributed by atoms with Crippen molar-refractivity contribution in [3.63, 3.8) is 0 Å². The van der Waals surface area contributed by atoms with E-state index in [1.54, 1.807) is 12.1 Å². The molecule has 0 aromatic heterocycles. The van der Waals surface area contributed by atoms with E-state index in [1.807, 2.05) is 52.3 Å². The number of fused-ring (bicyclic) bond motifs is 1. The summed E-state index contributed by atoms with van der Waals surface area (Å²) in [4.78, 5) is 30.4. The Balaban J connectivity index is 1.28. The summed E-state index contributed by atoms with van der Waals surface area (Å²) in [5, 5.41) is 1.97. The summed E-state index contributed by atoms with van der Waals surface area (Å²) in [5.41, 5.74) is 1.55. The lowest BCUT2D eigenvalue weighted by atomic mass is 9.94. The molecule has 0 N–H and O–H groups in total. The first-order valence-electron chi connectivity index (χ1n) is 11.5. The molecule has 6 heteroatoms. The summed E-state index contributed by atoms with van der Waals surface area (Å²) in [6.45, 7) is 2.51. The zero-order valence-corrected chi connectivity index (χ0v) is 18.5. The van der Waals surface area contributed by atoms with E-state index in [0.717, 1.165) is 29.2 Å². The van der Waals surface area contributed by atoms with Crippen LogP contribution in [0.3, 0.4) is 0 Å². The van der Waals surface area contributed by atoms with E-state index in [1.165, 1.54) is 12.1 Å². The summed E-state index contributed by atoms with van der Waals surface area (Å²) in [6, 6.07) is 19.9. The fourth-order valence-corrected chi connectivity index (χ4v) is 4.93. The maximum absolute atomic E-state index is 13.4. The normalized spacial score (nSPS) is 21.2. The minimum absolute atomic E-state index is 0.0181. The smallest absolute Gasteiger partial charge is 0.254 e. The number of amides is 2. The van der Waals surface area contributed by atoms with Crippen molar-refractivity contribution in [2.75, 3.05) is 32.8 Å². The molecule has 2 aliphatic heterocycles. The molecule has 0 radical (unpaired) electrons. The molecule has 2 atom stereocenters. The van der Waals surface area contributed by atoms with Crippen molar-refractivity contribution in [3.05, 3.63) is 83.7 Å². The monoisotopic (exact) mass is 446 g/mol. The van der Waals surface area contributed by atoms with Crippen molar-refractivity contribution in [2.24, 2.45) is 5.92 Å². The van der Waals surface area contributed by atoms with Crippen molar-refractivity contribution in [1.82, 2.24) is 9.80 Å². The highest BCUT2D eigenvalue weighted by Crippen LogP contribution is 2.27. The van der Waals surface area contributed by atoms with Gasteiger partial charge in [0.15, 0.2) is 0 Å². The number of ether oxygens (including phenoxy) is 1. The summed E-state index contributed by atoms with van der Waals surface area (Å²) >= 11 is 0. The van der Waals surface area contributed by atoms with E-state index in [0.29, 0.717) is 38.3 Å². The highest BCUT2D eigenvalue weighted by Gasteiger charge is 2.34. The molecule has 2 amide bonds. The molecule has 170 valence electrons. The number of morpholine rings is 1. The molecule has 5 nitrogen and oxygen atoms in total. The summed E-state index contributed by atoms with van der Waals surface area (Å²) < 4.78 is 19.1. The quantitative estimate of drug-likeness (QED) is 0.598. The predicted octanol–water partition coefficient (Wildman–Crippen LogP) is 4.43. The van der Waals surface area contributed by atoms with Crippen molar-refractivity contribution in [2.45, 2.75) is 18.9 Å². The van der Waals surface area contributed by atoms with Crippen LogP contribution in [0, 0.1) is 11.7 Å². The Labute approximate surface area is 192 Å². The van der Waals surface area contributed by atoms with Crippen molar-refractivity contribution >= 4 is 22.6 Å². The fraction of sp³-hybridized carbons (Fsp3) is 0.333. The van der Waals surface area contributed by atoms with Gasteiger partial charge in [-0.2, -0.15) is 0 Å². The first kappa shape index (κ1) is 21.6. The molecule has 0 bridgehead atoms. The molecule has 2 saturated heterocycles. The van der Waals surface area contributed by atoms with Crippen LogP contribution < -0.4 is 0 Å². The minimum atomic E-state index is -0.291. The molecule has 0 spiro atoms. The largest absolute Gasteiger partial charge is 0.370 e. The second kappa shape index (κ2) is 9.32. The van der Waals surface area contributed by atoms with Gasteiger partial charge >= 0.3 is 0 Å². The van der Waals surface area contributed by atoms with E-state index >= 15 is 0 Å². The van der Waals surface area contributed by atoms with Gasteiger partial charge in [0.2, 0.25) is 5.91 Å². The van der Waals surface area contributed by atoms with Crippen LogP contribution in [0.5, 0.6) is 0 Å². The third-order valence-electron chi connectivity index (χ3n) is 6.70. The van der Waals surface area contributed by atoms with Gasteiger partial charge in [0.1, 0.15) is 11.9 Å². The molecule has 3 aromatic carbocycles. The van der Waals surface area contributed by atoms with E-state index in [4.69, 9.17) is 4.74 Å². The highest BCUT2D eigenvalue weighted by atomic mass is 19.1. The Kier molecular flexibility index (Phi) is 6.09. The lowest BCUT2D eigenvalue weighted by Gasteiger charge is -2.38. The van der Waals surface area contributed by atoms with Gasteiger partial charge in [-0.1, -0.05) is 48.5 Å². The zero-order chi connectivity index (χ0) is 22.8. The van der Waals surface area contributed by atoms with Gasteiger partial charge in [-0.15, -0.1) is 0 Å². The number of piperidine rings is 1. The SMILES string of the molecule is O=C(c1cccc2ccccc12)N1CCC[C@@H](C(=O)N2CCO[C@@H](c3ccc(F)cc3)C2)C1. The van der Waals surface area contributed by atoms with Crippen molar-refractivity contribution in [1.29, 1.82) is 0 Å². The predicted molar refractivity (Wildman–Crippen MR) is 124 cm³/mol. The second-order valence-corrected chi connectivity index (χ2v) is 8.81. The molecule has 33 heavy (non-hydrogen) atoms. The van der Waals surface area contributed by atoms with Gasteiger partial charge in [0.05, 0.1) is 19.1 Å². The molecule has 3 aromatic rings. The third kappa shape index (κ3) is 4.48. The van der Waals surface area contributed by atoms with Crippen LogP contribution in [0.1, 0.15) is 34.9 Å². The molecule has 2 heterocycles. The van der Waals surface area contributed by atoms with Gasteiger partial charge < -0.3 is 14.5 Å². The molecule has 5 rings (SSSR count). The molecule has 0 unspecified atom stereocenters. The first-order valence-corrected chi connectivity index (χ1v) is 11.5. The topological polar surface area (TPSA) is 49.9 Å². The standard InChI is InChI=1S/C27H27FN2O3/c28-22-12-10-20(11-13-22)25-18-30(15-16-33-25)26(31)21-7-4-14-29(17-21)27(32)24-9-3-6-19-5-1-2-8-23(19)24/h1-3,5-6,8-13,21,25H,4,7,14-18H2/t21-,25-/m1/s1. The number of nitrogens with zero attached hydrogens (tertiary/aromatic N) is 2. The number of hydrogen-bond acceptors (Lipinski definition) is 3. The van der Waals surface area contributed by atoms with Gasteiger partial charge in [-0.25, -0.2) is 4.39 Å². The van der Waals surface area contributed by atoms with Crippen LogP contribution >= 0.6 is 0 Å². The summed E-state index contributed by atoms with van der Waals surface area (Å²) in [7, 11) is 0. The van der Waals surface area contributed by atoms with Gasteiger partial charge in [-0.05, 0) is 47.4 Å². The number of carbonyl (C=O) groups is 2. The van der Waals surface area contributed by atoms with E-state index in [2.05, 4.69) is 0 Å². The van der Waals surface area contributed by atoms with Crippen LogP contribution in [0.15, 0.2) is 66.7 Å². The Morgan fingerprint density at radius 2 is 1.67 bits per heavy atom. The van der Waals surface area contributed by atoms with Crippen molar-refractivity contribution < 1.29 is 18.7 Å². The Hall–Kier alpha value is -3.25. The van der Waals surface area contributed by atoms with E-state index in [9.17, 15) is 14.0 Å². The molecular formula is C27H27FN2O3. The number of rotatable bonds is 3. The number of halogens is 1. The third-order valence-corrected chi connectivity index (χ3v) is 6.70. The second-order valence-electron chi connectivity index (χ2n) is 8.81. The number of carbonyl (C=O) groups excluding carboxylic acids is 2. The van der Waals surface area contributed by atoms with Gasteiger partial charge in [0.25, 0.3) is 5.91 Å². The van der Waals surface area contributed by atoms with Crippen LogP contribution in [0.2, 0.25) is 0 Å². The number of likely N-dealkylation sites (tertiary alicyclic amines) is 1. The van der Waals surface area contributed by atoms with Crippen LogP contribution in [0.4, 0.5) is 4.39 Å². The van der Waals surface area contributed by atoms with E-state index in [-0.39, 0.29) is 29.7 Å². The first-order chi connectivity index (χ1) is 16.1. The average Bonchev–Trinajstić information content (AvgIpc) is 2.88. The maximum Gasteiger partial charge on any atom is 0.254 e. The molecular weight excluding hydrogens is 419 g/mol. The zero-order valence-electron chi connectivity index (χ0n) is 18.5. The summed E-state index contributed by atoms with van der Waals surface area (Å²) in [6.07, 6.45) is 1.32. The lowest BCUT2D eigenvalue weighted by Crippen LogP contribution is -2.50. The molecule has 2 aliphatic rings.